The zero-order valence-electron chi connectivity index (χ0n) is 13.5. The van der Waals surface area contributed by atoms with Crippen molar-refractivity contribution in [2.24, 2.45) is 11.8 Å². The van der Waals surface area contributed by atoms with E-state index in [4.69, 9.17) is 0 Å². The molecule has 1 N–H and O–H groups in total. The summed E-state index contributed by atoms with van der Waals surface area (Å²) in [6.45, 7) is 13.3. The highest BCUT2D eigenvalue weighted by Crippen LogP contribution is 2.32. The molecule has 1 saturated carbocycles. The molecule has 0 bridgehead atoms. The zero-order valence-corrected chi connectivity index (χ0v) is 13.5. The maximum Gasteiger partial charge on any atom is 0.0309 e. The van der Waals surface area contributed by atoms with Crippen molar-refractivity contribution in [3.05, 3.63) is 0 Å². The van der Waals surface area contributed by atoms with Crippen LogP contribution in [0.15, 0.2) is 0 Å². The Bertz CT molecular complexity index is 268. The van der Waals surface area contributed by atoms with Crippen LogP contribution in [0.5, 0.6) is 0 Å². The molecule has 112 valence electrons. The Balaban J connectivity index is 1.99. The normalized spacial score (nSPS) is 29.8. The summed E-state index contributed by atoms with van der Waals surface area (Å²) in [7, 11) is 0. The Kier molecular flexibility index (Phi) is 5.30. The van der Waals surface area contributed by atoms with Gasteiger partial charge in [-0.05, 0) is 31.1 Å². The molecule has 1 saturated heterocycles. The largest absolute Gasteiger partial charge is 0.308 e. The minimum Gasteiger partial charge on any atom is -0.308 e. The van der Waals surface area contributed by atoms with Gasteiger partial charge in [-0.2, -0.15) is 0 Å². The van der Waals surface area contributed by atoms with Crippen molar-refractivity contribution in [3.63, 3.8) is 0 Å². The number of rotatable bonds is 4. The van der Waals surface area contributed by atoms with E-state index in [1.807, 2.05) is 0 Å². The number of nitrogens with zero attached hydrogens (tertiary/aromatic N) is 1. The Morgan fingerprint density at radius 2 is 1.84 bits per heavy atom. The third-order valence-electron chi connectivity index (χ3n) is 5.68. The Morgan fingerprint density at radius 3 is 2.42 bits per heavy atom. The molecule has 0 aromatic rings. The molecule has 1 aliphatic carbocycles. The van der Waals surface area contributed by atoms with E-state index in [2.05, 4.69) is 37.9 Å². The summed E-state index contributed by atoms with van der Waals surface area (Å²) in [5, 5.41) is 3.93. The van der Waals surface area contributed by atoms with Gasteiger partial charge < -0.3 is 5.32 Å². The number of hydrogen-bond donors (Lipinski definition) is 1. The molecule has 0 aromatic heterocycles. The molecule has 0 radical (unpaired) electrons. The van der Waals surface area contributed by atoms with Gasteiger partial charge in [-0.15, -0.1) is 0 Å². The highest BCUT2D eigenvalue weighted by molar-refractivity contribution is 4.99. The van der Waals surface area contributed by atoms with E-state index in [0.29, 0.717) is 5.54 Å². The first kappa shape index (κ1) is 15.3. The van der Waals surface area contributed by atoms with Gasteiger partial charge >= 0.3 is 0 Å². The van der Waals surface area contributed by atoms with Crippen molar-refractivity contribution in [2.45, 2.75) is 77.8 Å². The molecule has 2 rings (SSSR count). The van der Waals surface area contributed by atoms with Crippen molar-refractivity contribution >= 4 is 0 Å². The highest BCUT2D eigenvalue weighted by Gasteiger charge is 2.39. The van der Waals surface area contributed by atoms with Gasteiger partial charge in [0.2, 0.25) is 0 Å². The second kappa shape index (κ2) is 6.58. The lowest BCUT2D eigenvalue weighted by molar-refractivity contribution is 0.0395. The number of nitrogens with one attached hydrogen (secondary N) is 1. The van der Waals surface area contributed by atoms with Crippen molar-refractivity contribution in [1.29, 1.82) is 0 Å². The molecule has 0 amide bonds. The summed E-state index contributed by atoms with van der Waals surface area (Å²) in [4.78, 5) is 2.81. The molecule has 2 atom stereocenters. The van der Waals surface area contributed by atoms with Crippen molar-refractivity contribution < 1.29 is 0 Å². The van der Waals surface area contributed by atoms with Crippen LogP contribution >= 0.6 is 0 Å². The average Bonchev–Trinajstić information content (AvgIpc) is 2.40. The van der Waals surface area contributed by atoms with Gasteiger partial charge in [0.05, 0.1) is 0 Å². The first-order chi connectivity index (χ1) is 9.06. The molecule has 2 unspecified atom stereocenters. The minimum atomic E-state index is 0.459. The third kappa shape index (κ3) is 3.72. The first-order valence-corrected chi connectivity index (χ1v) is 8.55. The van der Waals surface area contributed by atoms with E-state index in [9.17, 15) is 0 Å². The standard InChI is InChI=1S/C17H34N2/c1-5-16-11-18-17(9-7-6-8-10-17)13-19(16)12-15(4)14(2)3/h14-16,18H,5-13H2,1-4H3. The fourth-order valence-corrected chi connectivity index (χ4v) is 3.80. The van der Waals surface area contributed by atoms with Crippen LogP contribution in [-0.4, -0.2) is 36.1 Å². The molecule has 0 aromatic carbocycles. The maximum atomic E-state index is 3.93. The van der Waals surface area contributed by atoms with Gasteiger partial charge in [0, 0.05) is 31.2 Å². The lowest BCUT2D eigenvalue weighted by Crippen LogP contribution is -2.65. The Labute approximate surface area is 120 Å². The van der Waals surface area contributed by atoms with Crippen molar-refractivity contribution in [2.75, 3.05) is 19.6 Å². The Hall–Kier alpha value is -0.0800. The van der Waals surface area contributed by atoms with Gasteiger partial charge in [0.25, 0.3) is 0 Å². The summed E-state index contributed by atoms with van der Waals surface area (Å²) in [6, 6.07) is 0.758. The quantitative estimate of drug-likeness (QED) is 0.835. The fourth-order valence-electron chi connectivity index (χ4n) is 3.80. The second-order valence-electron chi connectivity index (χ2n) is 7.43. The lowest BCUT2D eigenvalue weighted by atomic mass is 9.79. The summed E-state index contributed by atoms with van der Waals surface area (Å²) >= 11 is 0. The first-order valence-electron chi connectivity index (χ1n) is 8.55. The van der Waals surface area contributed by atoms with E-state index in [-0.39, 0.29) is 0 Å². The molecular weight excluding hydrogens is 232 g/mol. The molecule has 1 heterocycles. The summed E-state index contributed by atoms with van der Waals surface area (Å²) in [6.07, 6.45) is 8.39. The fraction of sp³-hybridized carbons (Fsp3) is 1.00. The van der Waals surface area contributed by atoms with Crippen molar-refractivity contribution in [3.8, 4) is 0 Å². The van der Waals surface area contributed by atoms with Crippen LogP contribution in [0.25, 0.3) is 0 Å². The Morgan fingerprint density at radius 1 is 1.16 bits per heavy atom. The number of piperazine rings is 1. The second-order valence-corrected chi connectivity index (χ2v) is 7.43. The van der Waals surface area contributed by atoms with Gasteiger partial charge in [0.1, 0.15) is 0 Å². The average molecular weight is 266 g/mol. The summed E-state index contributed by atoms with van der Waals surface area (Å²) < 4.78 is 0. The van der Waals surface area contributed by atoms with Crippen LogP contribution in [0.2, 0.25) is 0 Å². The predicted octanol–water partition coefficient (Wildman–Crippen LogP) is 3.67. The SMILES string of the molecule is CCC1CNC2(CCCCC2)CN1CC(C)C(C)C. The van der Waals surface area contributed by atoms with Gasteiger partial charge in [-0.1, -0.05) is 47.0 Å². The molecule has 2 heteroatoms. The molecule has 1 spiro atoms. The van der Waals surface area contributed by atoms with E-state index in [1.165, 1.54) is 58.2 Å². The minimum absolute atomic E-state index is 0.459. The van der Waals surface area contributed by atoms with E-state index >= 15 is 0 Å². The van der Waals surface area contributed by atoms with Crippen LogP contribution < -0.4 is 5.32 Å². The van der Waals surface area contributed by atoms with Gasteiger partial charge in [-0.3, -0.25) is 4.90 Å². The van der Waals surface area contributed by atoms with Crippen LogP contribution in [0.4, 0.5) is 0 Å². The zero-order chi connectivity index (χ0) is 13.9. The van der Waals surface area contributed by atoms with Gasteiger partial charge in [0.15, 0.2) is 0 Å². The monoisotopic (exact) mass is 266 g/mol. The van der Waals surface area contributed by atoms with E-state index in [0.717, 1.165) is 17.9 Å². The predicted molar refractivity (Wildman–Crippen MR) is 83.5 cm³/mol. The molecule has 19 heavy (non-hydrogen) atoms. The van der Waals surface area contributed by atoms with Crippen LogP contribution in [0.1, 0.15) is 66.2 Å². The van der Waals surface area contributed by atoms with Crippen LogP contribution in [0, 0.1) is 11.8 Å². The molecule has 2 aliphatic rings. The maximum absolute atomic E-state index is 3.93. The van der Waals surface area contributed by atoms with Crippen molar-refractivity contribution in [1.82, 2.24) is 10.2 Å². The van der Waals surface area contributed by atoms with Crippen LogP contribution in [-0.2, 0) is 0 Å². The molecular formula is C17H34N2. The summed E-state index contributed by atoms with van der Waals surface area (Å²) in [5.41, 5.74) is 0.459. The summed E-state index contributed by atoms with van der Waals surface area (Å²) in [5.74, 6) is 1.61. The smallest absolute Gasteiger partial charge is 0.0309 e. The topological polar surface area (TPSA) is 15.3 Å². The molecule has 2 nitrogen and oxygen atoms in total. The van der Waals surface area contributed by atoms with Crippen LogP contribution in [0.3, 0.4) is 0 Å². The highest BCUT2D eigenvalue weighted by atomic mass is 15.3. The third-order valence-corrected chi connectivity index (χ3v) is 5.68. The van der Waals surface area contributed by atoms with E-state index in [1.54, 1.807) is 0 Å². The molecule has 2 fully saturated rings. The van der Waals surface area contributed by atoms with E-state index < -0.39 is 0 Å². The number of hydrogen-bond acceptors (Lipinski definition) is 2. The van der Waals surface area contributed by atoms with Gasteiger partial charge in [-0.25, -0.2) is 0 Å². The molecule has 1 aliphatic heterocycles. The lowest BCUT2D eigenvalue weighted by Gasteiger charge is -2.50.